The summed E-state index contributed by atoms with van der Waals surface area (Å²) in [6.45, 7) is 2.45. The molecule has 0 aliphatic rings. The Kier molecular flexibility index (Phi) is 5.52. The van der Waals surface area contributed by atoms with Gasteiger partial charge in [0.1, 0.15) is 4.90 Å². The Labute approximate surface area is 119 Å². The quantitative estimate of drug-likeness (QED) is 0.590. The first-order chi connectivity index (χ1) is 9.30. The number of aromatic carboxylic acids is 1. The topological polar surface area (TPSA) is 101 Å². The SMILES string of the molecule is CCCCCN(C)S(=O)(=O)c1ccc(C(=O)O)cc1N. The van der Waals surface area contributed by atoms with Crippen LogP contribution in [-0.2, 0) is 10.0 Å². The summed E-state index contributed by atoms with van der Waals surface area (Å²) in [5.41, 5.74) is 5.59. The lowest BCUT2D eigenvalue weighted by molar-refractivity contribution is 0.0697. The maximum Gasteiger partial charge on any atom is 0.335 e. The molecule has 0 unspecified atom stereocenters. The summed E-state index contributed by atoms with van der Waals surface area (Å²) in [6, 6.07) is 3.64. The number of nitrogens with two attached hydrogens (primary N) is 1. The molecule has 3 N–H and O–H groups in total. The number of hydrogen-bond donors (Lipinski definition) is 2. The van der Waals surface area contributed by atoms with Crippen molar-refractivity contribution in [2.75, 3.05) is 19.3 Å². The molecule has 0 amide bonds. The number of unbranched alkanes of at least 4 members (excludes halogenated alkanes) is 2. The standard InChI is InChI=1S/C13H20N2O4S/c1-3-4-5-8-15(2)20(18,19)12-7-6-10(13(16)17)9-11(12)14/h6-7,9H,3-5,8,14H2,1-2H3,(H,16,17). The summed E-state index contributed by atoms with van der Waals surface area (Å²) >= 11 is 0. The molecule has 0 aliphatic carbocycles. The van der Waals surface area contributed by atoms with Gasteiger partial charge in [0.05, 0.1) is 11.3 Å². The van der Waals surface area contributed by atoms with E-state index in [-0.39, 0.29) is 16.1 Å². The molecule has 1 aromatic carbocycles. The van der Waals surface area contributed by atoms with E-state index in [1.54, 1.807) is 0 Å². The maximum absolute atomic E-state index is 12.3. The number of benzene rings is 1. The Morgan fingerprint density at radius 3 is 2.50 bits per heavy atom. The number of sulfonamides is 1. The minimum Gasteiger partial charge on any atom is -0.478 e. The van der Waals surface area contributed by atoms with Gasteiger partial charge in [0.2, 0.25) is 10.0 Å². The van der Waals surface area contributed by atoms with Crippen molar-refractivity contribution >= 4 is 21.7 Å². The van der Waals surface area contributed by atoms with E-state index in [4.69, 9.17) is 10.8 Å². The highest BCUT2D eigenvalue weighted by Gasteiger charge is 2.23. The van der Waals surface area contributed by atoms with E-state index in [0.29, 0.717) is 6.54 Å². The van der Waals surface area contributed by atoms with Crippen LogP contribution in [0.5, 0.6) is 0 Å². The van der Waals surface area contributed by atoms with Gasteiger partial charge in [-0.25, -0.2) is 17.5 Å². The Morgan fingerprint density at radius 2 is 2.00 bits per heavy atom. The Hall–Kier alpha value is -1.60. The molecule has 0 saturated heterocycles. The van der Waals surface area contributed by atoms with E-state index < -0.39 is 16.0 Å². The normalized spacial score (nSPS) is 11.8. The van der Waals surface area contributed by atoms with Crippen molar-refractivity contribution in [3.8, 4) is 0 Å². The fraction of sp³-hybridized carbons (Fsp3) is 0.462. The molecule has 112 valence electrons. The summed E-state index contributed by atoms with van der Waals surface area (Å²) < 4.78 is 25.9. The second-order valence-corrected chi connectivity index (χ2v) is 6.60. The summed E-state index contributed by atoms with van der Waals surface area (Å²) in [5, 5.41) is 8.84. The Balaban J connectivity index is 3.00. The van der Waals surface area contributed by atoms with Gasteiger partial charge < -0.3 is 10.8 Å². The average molecular weight is 300 g/mol. The number of carbonyl (C=O) groups is 1. The van der Waals surface area contributed by atoms with E-state index in [0.717, 1.165) is 25.3 Å². The molecule has 6 nitrogen and oxygen atoms in total. The Bertz CT molecular complexity index is 584. The van der Waals surface area contributed by atoms with Gasteiger partial charge >= 0.3 is 5.97 Å². The summed E-state index contributed by atoms with van der Waals surface area (Å²) in [6.07, 6.45) is 2.73. The summed E-state index contributed by atoms with van der Waals surface area (Å²) in [5.74, 6) is -1.14. The molecular formula is C13H20N2O4S. The number of carboxylic acids is 1. The fourth-order valence-corrected chi connectivity index (χ4v) is 3.09. The van der Waals surface area contributed by atoms with Gasteiger partial charge in [-0.2, -0.15) is 0 Å². The molecule has 7 heteroatoms. The predicted octanol–water partition coefficient (Wildman–Crippen LogP) is 1.78. The van der Waals surface area contributed by atoms with Crippen molar-refractivity contribution in [3.63, 3.8) is 0 Å². The fourth-order valence-electron chi connectivity index (χ4n) is 1.79. The molecule has 0 bridgehead atoms. The minimum absolute atomic E-state index is 0.0323. The number of hydrogen-bond acceptors (Lipinski definition) is 4. The smallest absolute Gasteiger partial charge is 0.335 e. The second-order valence-electron chi connectivity index (χ2n) is 4.59. The second kappa shape index (κ2) is 6.71. The molecule has 1 aromatic rings. The van der Waals surface area contributed by atoms with Crippen LogP contribution in [0.15, 0.2) is 23.1 Å². The van der Waals surface area contributed by atoms with Crippen molar-refractivity contribution < 1.29 is 18.3 Å². The summed E-state index contributed by atoms with van der Waals surface area (Å²) in [7, 11) is -2.18. The van der Waals surface area contributed by atoms with Crippen molar-refractivity contribution in [1.82, 2.24) is 4.31 Å². The zero-order valence-electron chi connectivity index (χ0n) is 11.7. The third-order valence-corrected chi connectivity index (χ3v) is 4.95. The highest BCUT2D eigenvalue weighted by atomic mass is 32.2. The molecular weight excluding hydrogens is 280 g/mol. The molecule has 20 heavy (non-hydrogen) atoms. The number of nitrogen functional groups attached to an aromatic ring is 1. The van der Waals surface area contributed by atoms with Gasteiger partial charge in [0, 0.05) is 13.6 Å². The minimum atomic E-state index is -3.68. The molecule has 0 heterocycles. The lowest BCUT2D eigenvalue weighted by atomic mass is 10.2. The van der Waals surface area contributed by atoms with Gasteiger partial charge in [-0.05, 0) is 24.6 Å². The van der Waals surface area contributed by atoms with Gasteiger partial charge in [-0.3, -0.25) is 0 Å². The van der Waals surface area contributed by atoms with Crippen LogP contribution in [0.1, 0.15) is 36.5 Å². The molecule has 0 saturated carbocycles. The van der Waals surface area contributed by atoms with Crippen LogP contribution in [0.25, 0.3) is 0 Å². The van der Waals surface area contributed by atoms with E-state index >= 15 is 0 Å². The number of carboxylic acid groups (broad SMARTS) is 1. The van der Waals surface area contributed by atoms with E-state index in [2.05, 4.69) is 0 Å². The summed E-state index contributed by atoms with van der Waals surface area (Å²) in [4.78, 5) is 10.8. The van der Waals surface area contributed by atoms with Gasteiger partial charge in [-0.1, -0.05) is 19.8 Å². The molecule has 0 spiro atoms. The van der Waals surface area contributed by atoms with Gasteiger partial charge in [0.15, 0.2) is 0 Å². The van der Waals surface area contributed by atoms with Crippen molar-refractivity contribution in [2.45, 2.75) is 31.1 Å². The van der Waals surface area contributed by atoms with E-state index in [1.807, 2.05) is 6.92 Å². The molecule has 1 rings (SSSR count). The third kappa shape index (κ3) is 3.71. The van der Waals surface area contributed by atoms with Crippen LogP contribution in [0.3, 0.4) is 0 Å². The molecule has 0 aliphatic heterocycles. The molecule has 0 fully saturated rings. The monoisotopic (exact) mass is 300 g/mol. The highest BCUT2D eigenvalue weighted by Crippen LogP contribution is 2.23. The average Bonchev–Trinajstić information content (AvgIpc) is 2.38. The first kappa shape index (κ1) is 16.5. The number of nitrogens with zero attached hydrogens (tertiary/aromatic N) is 1. The van der Waals surface area contributed by atoms with Gasteiger partial charge in [-0.15, -0.1) is 0 Å². The zero-order valence-corrected chi connectivity index (χ0v) is 12.5. The van der Waals surface area contributed by atoms with Crippen molar-refractivity contribution in [1.29, 1.82) is 0 Å². The zero-order chi connectivity index (χ0) is 15.3. The first-order valence-corrected chi connectivity index (χ1v) is 7.84. The van der Waals surface area contributed by atoms with Crippen LogP contribution in [0, 0.1) is 0 Å². The third-order valence-electron chi connectivity index (χ3n) is 3.02. The first-order valence-electron chi connectivity index (χ1n) is 6.40. The predicted molar refractivity (Wildman–Crippen MR) is 77.2 cm³/mol. The van der Waals surface area contributed by atoms with Crippen LogP contribution < -0.4 is 5.73 Å². The highest BCUT2D eigenvalue weighted by molar-refractivity contribution is 7.89. The van der Waals surface area contributed by atoms with E-state index in [9.17, 15) is 13.2 Å². The van der Waals surface area contributed by atoms with Crippen molar-refractivity contribution in [3.05, 3.63) is 23.8 Å². The Morgan fingerprint density at radius 1 is 1.35 bits per heavy atom. The van der Waals surface area contributed by atoms with Crippen molar-refractivity contribution in [2.24, 2.45) is 0 Å². The van der Waals surface area contributed by atoms with Gasteiger partial charge in [0.25, 0.3) is 0 Å². The van der Waals surface area contributed by atoms with Crippen LogP contribution in [0.4, 0.5) is 5.69 Å². The maximum atomic E-state index is 12.3. The van der Waals surface area contributed by atoms with E-state index in [1.165, 1.54) is 23.5 Å². The largest absolute Gasteiger partial charge is 0.478 e. The van der Waals surface area contributed by atoms with Crippen LogP contribution in [0.2, 0.25) is 0 Å². The molecule has 0 radical (unpaired) electrons. The molecule has 0 atom stereocenters. The number of rotatable bonds is 7. The molecule has 0 aromatic heterocycles. The lowest BCUT2D eigenvalue weighted by Crippen LogP contribution is -2.28. The van der Waals surface area contributed by atoms with Crippen LogP contribution >= 0.6 is 0 Å². The lowest BCUT2D eigenvalue weighted by Gasteiger charge is -2.18. The van der Waals surface area contributed by atoms with Crippen LogP contribution in [-0.4, -0.2) is 37.4 Å². The number of anilines is 1.